The Morgan fingerprint density at radius 2 is 1.96 bits per heavy atom. The molecule has 0 aliphatic rings. The fraction of sp³-hybridized carbons (Fsp3) is 0.118. The summed E-state index contributed by atoms with van der Waals surface area (Å²) in [5, 5.41) is 28.2. The van der Waals surface area contributed by atoms with Crippen LogP contribution in [0.2, 0.25) is 0 Å². The second-order valence-corrected chi connectivity index (χ2v) is 5.24. The zero-order valence-corrected chi connectivity index (χ0v) is 14.0. The number of aromatic hydroxyl groups is 1. The third-order valence-corrected chi connectivity index (χ3v) is 3.56. The molecule has 10 nitrogen and oxygen atoms in total. The van der Waals surface area contributed by atoms with Crippen LogP contribution in [0.4, 0.5) is 5.69 Å². The molecule has 138 valence electrons. The second-order valence-electron chi connectivity index (χ2n) is 5.24. The lowest BCUT2D eigenvalue weighted by Crippen LogP contribution is -2.06. The predicted molar refractivity (Wildman–Crippen MR) is 90.2 cm³/mol. The minimum atomic E-state index is -0.790. The minimum Gasteiger partial charge on any atom is -0.504 e. The van der Waals surface area contributed by atoms with Gasteiger partial charge in [0.1, 0.15) is 5.56 Å². The van der Waals surface area contributed by atoms with E-state index in [1.165, 1.54) is 49.6 Å². The molecule has 10 heteroatoms. The van der Waals surface area contributed by atoms with Gasteiger partial charge in [0, 0.05) is 17.7 Å². The first-order valence-electron chi connectivity index (χ1n) is 7.60. The van der Waals surface area contributed by atoms with E-state index in [0.29, 0.717) is 5.56 Å². The number of para-hydroxylation sites is 1. The summed E-state index contributed by atoms with van der Waals surface area (Å²) in [7, 11) is 1.36. The largest absolute Gasteiger partial charge is 0.504 e. The average molecular weight is 371 g/mol. The number of non-ortho nitro benzene ring substituents is 1. The van der Waals surface area contributed by atoms with E-state index in [0.717, 1.165) is 0 Å². The molecule has 0 unspecified atom stereocenters. The summed E-state index contributed by atoms with van der Waals surface area (Å²) in [6.45, 7) is -0.310. The molecule has 1 heterocycles. The Morgan fingerprint density at radius 1 is 1.22 bits per heavy atom. The highest BCUT2D eigenvalue weighted by atomic mass is 16.6. The van der Waals surface area contributed by atoms with Crippen LogP contribution in [0.1, 0.15) is 16.2 Å². The van der Waals surface area contributed by atoms with E-state index in [9.17, 15) is 20.0 Å². The van der Waals surface area contributed by atoms with Crippen molar-refractivity contribution in [2.45, 2.75) is 6.61 Å². The summed E-state index contributed by atoms with van der Waals surface area (Å²) in [6.07, 6.45) is 0. The fourth-order valence-electron chi connectivity index (χ4n) is 2.21. The Kier molecular flexibility index (Phi) is 4.97. The Labute approximate surface area is 152 Å². The van der Waals surface area contributed by atoms with E-state index in [-0.39, 0.29) is 41.1 Å². The number of hydrogen-bond acceptors (Lipinski definition) is 9. The van der Waals surface area contributed by atoms with Crippen LogP contribution in [0.15, 0.2) is 46.9 Å². The topological polar surface area (TPSA) is 138 Å². The van der Waals surface area contributed by atoms with Gasteiger partial charge in [-0.05, 0) is 24.3 Å². The molecule has 0 aliphatic carbocycles. The normalized spacial score (nSPS) is 10.4. The summed E-state index contributed by atoms with van der Waals surface area (Å²) in [5.41, 5.74) is 0.353. The molecular weight excluding hydrogens is 358 g/mol. The van der Waals surface area contributed by atoms with Gasteiger partial charge in [-0.3, -0.25) is 10.1 Å². The summed E-state index contributed by atoms with van der Waals surface area (Å²) in [6, 6.07) is 9.98. The number of methoxy groups -OCH3 is 1. The molecule has 0 radical (unpaired) electrons. The maximum absolute atomic E-state index is 12.1. The maximum Gasteiger partial charge on any atom is 0.342 e. The van der Waals surface area contributed by atoms with Crippen LogP contribution >= 0.6 is 0 Å². The number of phenolic OH excluding ortho intramolecular Hbond substituents is 1. The van der Waals surface area contributed by atoms with Crippen molar-refractivity contribution in [3.05, 3.63) is 64.0 Å². The molecular formula is C17H13N3O7. The van der Waals surface area contributed by atoms with Crippen molar-refractivity contribution in [3.8, 4) is 23.0 Å². The number of nitro benzene ring substituents is 1. The molecule has 0 saturated heterocycles. The number of ether oxygens (including phenoxy) is 2. The van der Waals surface area contributed by atoms with E-state index in [1.54, 1.807) is 0 Å². The van der Waals surface area contributed by atoms with E-state index in [4.69, 9.17) is 13.9 Å². The number of aromatic nitrogens is 2. The van der Waals surface area contributed by atoms with Gasteiger partial charge in [-0.1, -0.05) is 6.07 Å². The standard InChI is InChI=1S/C17H13N3O7/c1-25-13-4-2-3-12(15(13)21)17(22)26-9-14-18-19-16(27-14)10-5-7-11(8-6-10)20(23)24/h2-8,21H,9H2,1H3. The van der Waals surface area contributed by atoms with Gasteiger partial charge in [0.15, 0.2) is 18.1 Å². The van der Waals surface area contributed by atoms with Gasteiger partial charge in [0.25, 0.3) is 11.6 Å². The highest BCUT2D eigenvalue weighted by Gasteiger charge is 2.18. The first kappa shape index (κ1) is 17.9. The van der Waals surface area contributed by atoms with Crippen LogP contribution in [0.3, 0.4) is 0 Å². The highest BCUT2D eigenvalue weighted by molar-refractivity contribution is 5.93. The third-order valence-electron chi connectivity index (χ3n) is 3.56. The molecule has 3 rings (SSSR count). The molecule has 0 aliphatic heterocycles. The number of phenols is 1. The molecule has 2 aromatic carbocycles. The molecule has 0 bridgehead atoms. The fourth-order valence-corrected chi connectivity index (χ4v) is 2.21. The molecule has 0 fully saturated rings. The third kappa shape index (κ3) is 3.84. The molecule has 0 atom stereocenters. The Hall–Kier alpha value is -3.95. The number of esters is 1. The van der Waals surface area contributed by atoms with Gasteiger partial charge >= 0.3 is 5.97 Å². The van der Waals surface area contributed by atoms with E-state index >= 15 is 0 Å². The highest BCUT2D eigenvalue weighted by Crippen LogP contribution is 2.30. The van der Waals surface area contributed by atoms with Crippen LogP contribution < -0.4 is 4.74 Å². The molecule has 0 saturated carbocycles. The smallest absolute Gasteiger partial charge is 0.342 e. The molecule has 27 heavy (non-hydrogen) atoms. The van der Waals surface area contributed by atoms with Crippen LogP contribution in [-0.4, -0.2) is 33.3 Å². The van der Waals surface area contributed by atoms with Crippen LogP contribution in [0.5, 0.6) is 11.5 Å². The summed E-state index contributed by atoms with van der Waals surface area (Å²) >= 11 is 0. The van der Waals surface area contributed by atoms with Gasteiger partial charge in [-0.25, -0.2) is 4.79 Å². The molecule has 1 aromatic heterocycles. The van der Waals surface area contributed by atoms with E-state index in [1.807, 2.05) is 0 Å². The molecule has 1 N–H and O–H groups in total. The lowest BCUT2D eigenvalue weighted by atomic mass is 10.2. The number of hydrogen-bond donors (Lipinski definition) is 1. The molecule has 0 spiro atoms. The number of nitrogens with zero attached hydrogens (tertiary/aromatic N) is 3. The van der Waals surface area contributed by atoms with E-state index in [2.05, 4.69) is 10.2 Å². The van der Waals surface area contributed by atoms with Crippen molar-refractivity contribution in [3.63, 3.8) is 0 Å². The van der Waals surface area contributed by atoms with Crippen molar-refractivity contribution in [1.82, 2.24) is 10.2 Å². The number of nitro groups is 1. The lowest BCUT2D eigenvalue weighted by molar-refractivity contribution is -0.384. The summed E-state index contributed by atoms with van der Waals surface area (Å²) in [5.74, 6) is -0.828. The Bertz CT molecular complexity index is 982. The van der Waals surface area contributed by atoms with Crippen LogP contribution in [0, 0.1) is 10.1 Å². The van der Waals surface area contributed by atoms with Crippen molar-refractivity contribution >= 4 is 11.7 Å². The molecule has 3 aromatic rings. The first-order chi connectivity index (χ1) is 13.0. The van der Waals surface area contributed by atoms with Crippen molar-refractivity contribution in [2.75, 3.05) is 7.11 Å². The van der Waals surface area contributed by atoms with Crippen LogP contribution in [0.25, 0.3) is 11.5 Å². The van der Waals surface area contributed by atoms with Crippen molar-refractivity contribution in [2.24, 2.45) is 0 Å². The number of benzene rings is 2. The zero-order valence-electron chi connectivity index (χ0n) is 14.0. The summed E-state index contributed by atoms with van der Waals surface area (Å²) < 4.78 is 15.4. The number of rotatable bonds is 6. The SMILES string of the molecule is COc1cccc(C(=O)OCc2nnc(-c3ccc([N+](=O)[O-])cc3)o2)c1O. The van der Waals surface area contributed by atoms with Gasteiger partial charge in [0.05, 0.1) is 12.0 Å². The maximum atomic E-state index is 12.1. The summed E-state index contributed by atoms with van der Waals surface area (Å²) in [4.78, 5) is 22.2. The quantitative estimate of drug-likeness (QED) is 0.393. The van der Waals surface area contributed by atoms with Crippen molar-refractivity contribution in [1.29, 1.82) is 0 Å². The van der Waals surface area contributed by atoms with Crippen molar-refractivity contribution < 1.29 is 28.7 Å². The van der Waals surface area contributed by atoms with Gasteiger partial charge < -0.3 is 19.0 Å². The number of carbonyl (C=O) groups excluding carboxylic acids is 1. The monoisotopic (exact) mass is 371 g/mol. The van der Waals surface area contributed by atoms with Gasteiger partial charge in [0.2, 0.25) is 5.89 Å². The second kappa shape index (κ2) is 7.52. The average Bonchev–Trinajstić information content (AvgIpc) is 3.15. The first-order valence-corrected chi connectivity index (χ1v) is 7.60. The lowest BCUT2D eigenvalue weighted by Gasteiger charge is -2.07. The van der Waals surface area contributed by atoms with Gasteiger partial charge in [-0.2, -0.15) is 0 Å². The Balaban J connectivity index is 1.68. The van der Waals surface area contributed by atoms with E-state index < -0.39 is 10.9 Å². The number of carbonyl (C=O) groups is 1. The van der Waals surface area contributed by atoms with Gasteiger partial charge in [-0.15, -0.1) is 10.2 Å². The Morgan fingerprint density at radius 3 is 2.63 bits per heavy atom. The molecule has 0 amide bonds. The van der Waals surface area contributed by atoms with Crippen LogP contribution in [-0.2, 0) is 11.3 Å². The minimum absolute atomic E-state index is 0.0269. The predicted octanol–water partition coefficient (Wildman–Crippen LogP) is 2.72. The zero-order chi connectivity index (χ0) is 19.4.